The van der Waals surface area contributed by atoms with Crippen LogP contribution in [-0.4, -0.2) is 35.2 Å². The van der Waals surface area contributed by atoms with Crippen LogP contribution in [-0.2, 0) is 5.60 Å². The molecule has 144 valence electrons. The SMILES string of the molecule is OC1CN=C(c2ccsc2C(O)(c2ccc(F)cc2)c2ccc(Cl)cc2)NC1. The van der Waals surface area contributed by atoms with E-state index in [0.29, 0.717) is 40.0 Å². The van der Waals surface area contributed by atoms with Gasteiger partial charge in [-0.05, 0) is 46.8 Å². The molecule has 0 saturated carbocycles. The van der Waals surface area contributed by atoms with Crippen molar-refractivity contribution in [3.8, 4) is 0 Å². The van der Waals surface area contributed by atoms with Crippen LogP contribution in [0.15, 0.2) is 65.0 Å². The summed E-state index contributed by atoms with van der Waals surface area (Å²) in [6.07, 6.45) is -0.530. The Labute approximate surface area is 171 Å². The molecule has 1 aromatic heterocycles. The van der Waals surface area contributed by atoms with Gasteiger partial charge < -0.3 is 15.5 Å². The maximum Gasteiger partial charge on any atom is 0.150 e. The monoisotopic (exact) mass is 416 g/mol. The average Bonchev–Trinajstić information content (AvgIpc) is 3.19. The van der Waals surface area contributed by atoms with E-state index >= 15 is 0 Å². The predicted octanol–water partition coefficient (Wildman–Crippen LogP) is 3.54. The number of nitrogens with one attached hydrogen (secondary N) is 1. The molecule has 2 unspecified atom stereocenters. The quantitative estimate of drug-likeness (QED) is 0.609. The van der Waals surface area contributed by atoms with E-state index in [2.05, 4.69) is 10.3 Å². The van der Waals surface area contributed by atoms with E-state index in [-0.39, 0.29) is 5.82 Å². The van der Waals surface area contributed by atoms with Crippen molar-refractivity contribution in [3.63, 3.8) is 0 Å². The zero-order valence-corrected chi connectivity index (χ0v) is 16.3. The number of thiophene rings is 1. The molecule has 0 bridgehead atoms. The Morgan fingerprint density at radius 1 is 1.07 bits per heavy atom. The predicted molar refractivity (Wildman–Crippen MR) is 110 cm³/mol. The molecule has 0 saturated heterocycles. The lowest BCUT2D eigenvalue weighted by atomic mass is 9.83. The van der Waals surface area contributed by atoms with Gasteiger partial charge in [0.05, 0.1) is 17.5 Å². The topological polar surface area (TPSA) is 64.9 Å². The lowest BCUT2D eigenvalue weighted by Crippen LogP contribution is -2.40. The van der Waals surface area contributed by atoms with E-state index in [4.69, 9.17) is 11.6 Å². The zero-order chi connectivity index (χ0) is 19.7. The van der Waals surface area contributed by atoms with Gasteiger partial charge in [0.25, 0.3) is 0 Å². The fourth-order valence-electron chi connectivity index (χ4n) is 3.30. The Bertz CT molecular complexity index is 957. The first-order chi connectivity index (χ1) is 13.5. The second kappa shape index (κ2) is 7.64. The third kappa shape index (κ3) is 3.44. The lowest BCUT2D eigenvalue weighted by molar-refractivity contribution is 0.129. The van der Waals surface area contributed by atoms with Crippen LogP contribution in [0, 0.1) is 5.82 Å². The van der Waals surface area contributed by atoms with Crippen LogP contribution in [0.3, 0.4) is 0 Å². The molecule has 0 radical (unpaired) electrons. The highest BCUT2D eigenvalue weighted by Crippen LogP contribution is 2.41. The number of benzene rings is 2. The Morgan fingerprint density at radius 2 is 1.71 bits per heavy atom. The molecule has 0 amide bonds. The summed E-state index contributed by atoms with van der Waals surface area (Å²) in [5.41, 5.74) is 0.390. The maximum absolute atomic E-state index is 13.5. The van der Waals surface area contributed by atoms with Crippen molar-refractivity contribution >= 4 is 28.8 Å². The minimum absolute atomic E-state index is 0.299. The average molecular weight is 417 g/mol. The van der Waals surface area contributed by atoms with Gasteiger partial charge in [-0.3, -0.25) is 4.99 Å². The summed E-state index contributed by atoms with van der Waals surface area (Å²) in [6.45, 7) is 0.692. The van der Waals surface area contributed by atoms with Gasteiger partial charge in [-0.2, -0.15) is 0 Å². The molecule has 3 aromatic rings. The lowest BCUT2D eigenvalue weighted by Gasteiger charge is -2.31. The molecule has 0 fully saturated rings. The number of aliphatic hydroxyl groups is 2. The molecule has 7 heteroatoms. The number of β-amino-alcohol motifs (C(OH)–C–C–N with tert-alkyl or cyclic N) is 1. The number of hydrogen-bond acceptors (Lipinski definition) is 5. The Kier molecular flexibility index (Phi) is 5.21. The minimum atomic E-state index is -1.51. The van der Waals surface area contributed by atoms with E-state index in [1.807, 2.05) is 11.4 Å². The number of aliphatic imine (C=N–C) groups is 1. The molecule has 0 aliphatic carbocycles. The number of nitrogens with zero attached hydrogens (tertiary/aromatic N) is 1. The number of halogens is 2. The van der Waals surface area contributed by atoms with Crippen molar-refractivity contribution in [3.05, 3.63) is 92.4 Å². The first-order valence-corrected chi connectivity index (χ1v) is 10.0. The van der Waals surface area contributed by atoms with Gasteiger partial charge in [0, 0.05) is 17.1 Å². The van der Waals surface area contributed by atoms with E-state index in [9.17, 15) is 14.6 Å². The fraction of sp³-hybridized carbons (Fsp3) is 0.190. The van der Waals surface area contributed by atoms with Gasteiger partial charge in [0.15, 0.2) is 0 Å². The van der Waals surface area contributed by atoms with Gasteiger partial charge in [0.2, 0.25) is 0 Å². The Hall–Kier alpha value is -2.25. The molecule has 28 heavy (non-hydrogen) atoms. The molecule has 0 spiro atoms. The number of rotatable bonds is 4. The summed E-state index contributed by atoms with van der Waals surface area (Å²) in [5.74, 6) is 0.247. The summed E-state index contributed by atoms with van der Waals surface area (Å²) < 4.78 is 13.5. The van der Waals surface area contributed by atoms with Crippen LogP contribution in [0.4, 0.5) is 4.39 Å². The summed E-state index contributed by atoms with van der Waals surface area (Å²) >= 11 is 7.43. The highest BCUT2D eigenvalue weighted by atomic mass is 35.5. The van der Waals surface area contributed by atoms with E-state index in [0.717, 1.165) is 5.56 Å². The zero-order valence-electron chi connectivity index (χ0n) is 14.8. The van der Waals surface area contributed by atoms with Crippen molar-refractivity contribution in [2.24, 2.45) is 4.99 Å². The van der Waals surface area contributed by atoms with Gasteiger partial charge >= 0.3 is 0 Å². The van der Waals surface area contributed by atoms with Crippen molar-refractivity contribution in [1.29, 1.82) is 0 Å². The van der Waals surface area contributed by atoms with Crippen LogP contribution >= 0.6 is 22.9 Å². The first-order valence-electron chi connectivity index (χ1n) is 8.77. The highest BCUT2D eigenvalue weighted by molar-refractivity contribution is 7.10. The van der Waals surface area contributed by atoms with Gasteiger partial charge in [-0.15, -0.1) is 11.3 Å². The Balaban J connectivity index is 1.89. The smallest absolute Gasteiger partial charge is 0.150 e. The summed E-state index contributed by atoms with van der Waals surface area (Å²) in [4.78, 5) is 5.07. The standard InChI is InChI=1S/C21H18ClFN2O2S/c22-15-5-1-13(2-6-15)21(27,14-3-7-16(23)8-4-14)19-18(9-10-28-19)20-24-11-17(26)12-25-20/h1-10,17,26-27H,11-12H2,(H,24,25). The molecule has 2 heterocycles. The first kappa shape index (κ1) is 19.1. The van der Waals surface area contributed by atoms with Gasteiger partial charge in [0.1, 0.15) is 17.3 Å². The fourth-order valence-corrected chi connectivity index (χ4v) is 4.46. The Morgan fingerprint density at radius 3 is 2.32 bits per heavy atom. The summed E-state index contributed by atoms with van der Waals surface area (Å²) in [6, 6.07) is 14.6. The van der Waals surface area contributed by atoms with Crippen molar-refractivity contribution in [2.75, 3.05) is 13.1 Å². The molecule has 2 aromatic carbocycles. The molecular formula is C21H18ClFN2O2S. The van der Waals surface area contributed by atoms with Crippen LogP contribution in [0.25, 0.3) is 0 Å². The molecule has 2 atom stereocenters. The van der Waals surface area contributed by atoms with Crippen molar-refractivity contribution in [1.82, 2.24) is 5.32 Å². The van der Waals surface area contributed by atoms with Crippen LogP contribution in [0.1, 0.15) is 21.6 Å². The molecule has 4 rings (SSSR count). The number of amidine groups is 1. The van der Waals surface area contributed by atoms with Gasteiger partial charge in [-0.1, -0.05) is 35.9 Å². The van der Waals surface area contributed by atoms with Crippen molar-refractivity contribution < 1.29 is 14.6 Å². The highest BCUT2D eigenvalue weighted by Gasteiger charge is 2.38. The van der Waals surface area contributed by atoms with Crippen LogP contribution in [0.5, 0.6) is 0 Å². The number of hydrogen-bond donors (Lipinski definition) is 3. The van der Waals surface area contributed by atoms with E-state index < -0.39 is 11.7 Å². The molecule has 1 aliphatic heterocycles. The van der Waals surface area contributed by atoms with Crippen molar-refractivity contribution in [2.45, 2.75) is 11.7 Å². The van der Waals surface area contributed by atoms with Crippen LogP contribution in [0.2, 0.25) is 5.02 Å². The molecule has 3 N–H and O–H groups in total. The van der Waals surface area contributed by atoms with Gasteiger partial charge in [-0.25, -0.2) is 4.39 Å². The maximum atomic E-state index is 13.5. The normalized spacial score (nSPS) is 18.9. The third-order valence-electron chi connectivity index (χ3n) is 4.74. The van der Waals surface area contributed by atoms with E-state index in [1.54, 1.807) is 36.4 Å². The van der Waals surface area contributed by atoms with E-state index in [1.165, 1.54) is 23.5 Å². The number of aliphatic hydroxyl groups excluding tert-OH is 1. The molecule has 1 aliphatic rings. The second-order valence-electron chi connectivity index (χ2n) is 6.61. The molecule has 4 nitrogen and oxygen atoms in total. The summed E-state index contributed by atoms with van der Waals surface area (Å²) in [7, 11) is 0. The third-order valence-corrected chi connectivity index (χ3v) is 6.01. The molecular weight excluding hydrogens is 399 g/mol. The minimum Gasteiger partial charge on any atom is -0.389 e. The largest absolute Gasteiger partial charge is 0.389 e. The second-order valence-corrected chi connectivity index (χ2v) is 7.96. The summed E-state index contributed by atoms with van der Waals surface area (Å²) in [5, 5.41) is 27.2. The van der Waals surface area contributed by atoms with Crippen LogP contribution < -0.4 is 5.32 Å².